The molecule has 6 heteroatoms. The lowest BCUT2D eigenvalue weighted by Crippen LogP contribution is -2.06. The highest BCUT2D eigenvalue weighted by Gasteiger charge is 2.30. The van der Waals surface area contributed by atoms with Crippen molar-refractivity contribution in [3.63, 3.8) is 0 Å². The lowest BCUT2D eigenvalue weighted by Gasteiger charge is -2.16. The molecule has 0 saturated carbocycles. The standard InChI is InChI=1S/C28H22F3NO2/c1-2-3-12-25-24(19-8-5-4-6-9-19)18-26(20-13-15-22(16-14-20)28(29,30)31)32(25)23-11-7-10-21(17-23)27(33)34/h2,4-11,13-18H,1,3,12H2,(H,33,34). The molecule has 0 fully saturated rings. The number of aromatic nitrogens is 1. The van der Waals surface area contributed by atoms with E-state index >= 15 is 0 Å². The molecule has 0 unspecified atom stereocenters. The molecule has 0 bridgehead atoms. The van der Waals surface area contributed by atoms with Gasteiger partial charge in [-0.3, -0.25) is 0 Å². The summed E-state index contributed by atoms with van der Waals surface area (Å²) in [5.74, 6) is -1.05. The second kappa shape index (κ2) is 9.43. The summed E-state index contributed by atoms with van der Waals surface area (Å²) >= 11 is 0. The monoisotopic (exact) mass is 461 g/mol. The van der Waals surface area contributed by atoms with Gasteiger partial charge in [-0.15, -0.1) is 6.58 Å². The molecule has 1 heterocycles. The second-order valence-corrected chi connectivity index (χ2v) is 7.85. The Balaban J connectivity index is 1.99. The minimum absolute atomic E-state index is 0.125. The van der Waals surface area contributed by atoms with Gasteiger partial charge in [0.25, 0.3) is 0 Å². The first-order chi connectivity index (χ1) is 16.3. The molecule has 0 saturated heterocycles. The van der Waals surface area contributed by atoms with E-state index in [4.69, 9.17) is 0 Å². The summed E-state index contributed by atoms with van der Waals surface area (Å²) in [5.41, 5.74) is 4.10. The molecule has 0 amide bonds. The van der Waals surface area contributed by atoms with E-state index in [9.17, 15) is 23.1 Å². The Labute approximate surface area is 195 Å². The number of nitrogens with zero attached hydrogens (tertiary/aromatic N) is 1. The van der Waals surface area contributed by atoms with E-state index in [1.807, 2.05) is 41.0 Å². The number of alkyl halides is 3. The van der Waals surface area contributed by atoms with Crippen molar-refractivity contribution in [2.75, 3.05) is 0 Å². The van der Waals surface area contributed by atoms with Gasteiger partial charge >= 0.3 is 12.1 Å². The van der Waals surface area contributed by atoms with E-state index in [0.717, 1.165) is 29.0 Å². The maximum absolute atomic E-state index is 13.1. The molecule has 0 aliphatic rings. The third-order valence-electron chi connectivity index (χ3n) is 5.63. The van der Waals surface area contributed by atoms with Crippen LogP contribution in [-0.4, -0.2) is 15.6 Å². The van der Waals surface area contributed by atoms with E-state index < -0.39 is 17.7 Å². The first-order valence-electron chi connectivity index (χ1n) is 10.7. The average Bonchev–Trinajstić information content (AvgIpc) is 3.22. The number of hydrogen-bond donors (Lipinski definition) is 1. The molecule has 0 spiro atoms. The predicted molar refractivity (Wildman–Crippen MR) is 127 cm³/mol. The molecule has 0 radical (unpaired) electrons. The van der Waals surface area contributed by atoms with Gasteiger partial charge < -0.3 is 9.67 Å². The van der Waals surface area contributed by atoms with Crippen LogP contribution in [0.1, 0.15) is 28.0 Å². The topological polar surface area (TPSA) is 42.2 Å². The van der Waals surface area contributed by atoms with E-state index in [1.165, 1.54) is 18.2 Å². The molecule has 1 aromatic heterocycles. The number of aromatic carboxylic acids is 1. The van der Waals surface area contributed by atoms with Crippen LogP contribution in [0.4, 0.5) is 13.2 Å². The minimum Gasteiger partial charge on any atom is -0.478 e. The smallest absolute Gasteiger partial charge is 0.416 e. The summed E-state index contributed by atoms with van der Waals surface area (Å²) in [6.07, 6.45) is -1.33. The van der Waals surface area contributed by atoms with Crippen molar-refractivity contribution in [1.29, 1.82) is 0 Å². The zero-order valence-corrected chi connectivity index (χ0v) is 18.2. The summed E-state index contributed by atoms with van der Waals surface area (Å²) < 4.78 is 41.4. The van der Waals surface area contributed by atoms with Crippen LogP contribution in [0.25, 0.3) is 28.1 Å². The second-order valence-electron chi connectivity index (χ2n) is 7.85. The van der Waals surface area contributed by atoms with Crippen LogP contribution in [0.5, 0.6) is 0 Å². The number of carbonyl (C=O) groups is 1. The van der Waals surface area contributed by atoms with Crippen LogP contribution in [0.3, 0.4) is 0 Å². The molecule has 3 nitrogen and oxygen atoms in total. The summed E-state index contributed by atoms with van der Waals surface area (Å²) in [6, 6.07) is 23.2. The highest BCUT2D eigenvalue weighted by Crippen LogP contribution is 2.38. The predicted octanol–water partition coefficient (Wildman–Crippen LogP) is 7.65. The maximum Gasteiger partial charge on any atom is 0.416 e. The fourth-order valence-corrected chi connectivity index (χ4v) is 4.02. The fourth-order valence-electron chi connectivity index (χ4n) is 4.02. The van der Waals surface area contributed by atoms with Gasteiger partial charge in [0, 0.05) is 16.9 Å². The molecule has 4 rings (SSSR count). The Morgan fingerprint density at radius 3 is 2.24 bits per heavy atom. The van der Waals surface area contributed by atoms with Gasteiger partial charge in [0.15, 0.2) is 0 Å². The molecule has 1 N–H and O–H groups in total. The van der Waals surface area contributed by atoms with E-state index in [2.05, 4.69) is 6.58 Å². The number of rotatable bonds is 7. The summed E-state index contributed by atoms with van der Waals surface area (Å²) in [5, 5.41) is 9.51. The third kappa shape index (κ3) is 4.66. The van der Waals surface area contributed by atoms with Crippen molar-refractivity contribution in [2.24, 2.45) is 0 Å². The Hall–Kier alpha value is -4.06. The minimum atomic E-state index is -4.43. The Morgan fingerprint density at radius 1 is 0.912 bits per heavy atom. The lowest BCUT2D eigenvalue weighted by atomic mass is 10.0. The number of benzene rings is 3. The zero-order valence-electron chi connectivity index (χ0n) is 18.2. The average molecular weight is 461 g/mol. The first kappa shape index (κ1) is 23.1. The van der Waals surface area contributed by atoms with E-state index in [-0.39, 0.29) is 5.56 Å². The molecule has 0 atom stereocenters. The molecule has 4 aromatic rings. The molecule has 34 heavy (non-hydrogen) atoms. The maximum atomic E-state index is 13.1. The number of carboxylic acid groups (broad SMARTS) is 1. The van der Waals surface area contributed by atoms with Crippen LogP contribution in [0.2, 0.25) is 0 Å². The number of halogens is 3. The van der Waals surface area contributed by atoms with E-state index in [0.29, 0.717) is 29.8 Å². The van der Waals surface area contributed by atoms with Crippen molar-refractivity contribution in [2.45, 2.75) is 19.0 Å². The van der Waals surface area contributed by atoms with Crippen LogP contribution < -0.4 is 0 Å². The number of allylic oxidation sites excluding steroid dienone is 1. The highest BCUT2D eigenvalue weighted by molar-refractivity contribution is 5.88. The van der Waals surface area contributed by atoms with Crippen molar-refractivity contribution in [1.82, 2.24) is 4.57 Å². The molecule has 0 aliphatic heterocycles. The van der Waals surface area contributed by atoms with Crippen LogP contribution in [0, 0.1) is 0 Å². The number of carboxylic acids is 1. The SMILES string of the molecule is C=CCCc1c(-c2ccccc2)cc(-c2ccc(C(F)(F)F)cc2)n1-c1cccc(C(=O)O)c1. The lowest BCUT2D eigenvalue weighted by molar-refractivity contribution is -0.137. The highest BCUT2D eigenvalue weighted by atomic mass is 19.4. The van der Waals surface area contributed by atoms with Gasteiger partial charge in [-0.25, -0.2) is 4.79 Å². The summed E-state index contributed by atoms with van der Waals surface area (Å²) in [7, 11) is 0. The molecule has 172 valence electrons. The van der Waals surface area contributed by atoms with Crippen molar-refractivity contribution in [3.8, 4) is 28.1 Å². The van der Waals surface area contributed by atoms with Gasteiger partial charge in [-0.05, 0) is 60.4 Å². The van der Waals surface area contributed by atoms with Gasteiger partial charge in [0.1, 0.15) is 0 Å². The quantitative estimate of drug-likeness (QED) is 0.287. The number of hydrogen-bond acceptors (Lipinski definition) is 1. The van der Waals surface area contributed by atoms with E-state index in [1.54, 1.807) is 24.3 Å². The first-order valence-corrected chi connectivity index (χ1v) is 10.7. The van der Waals surface area contributed by atoms with Crippen LogP contribution >= 0.6 is 0 Å². The molecular weight excluding hydrogens is 439 g/mol. The van der Waals surface area contributed by atoms with Crippen LogP contribution in [-0.2, 0) is 12.6 Å². The van der Waals surface area contributed by atoms with Crippen molar-refractivity contribution in [3.05, 3.63) is 114 Å². The molecular formula is C28H22F3NO2. The largest absolute Gasteiger partial charge is 0.478 e. The summed E-state index contributed by atoms with van der Waals surface area (Å²) in [6.45, 7) is 3.82. The van der Waals surface area contributed by atoms with Crippen LogP contribution in [0.15, 0.2) is 97.6 Å². The Morgan fingerprint density at radius 2 is 1.62 bits per heavy atom. The van der Waals surface area contributed by atoms with Crippen molar-refractivity contribution >= 4 is 5.97 Å². The Bertz CT molecular complexity index is 1320. The Kier molecular flexibility index (Phi) is 6.41. The van der Waals surface area contributed by atoms with Gasteiger partial charge in [-0.1, -0.05) is 54.6 Å². The van der Waals surface area contributed by atoms with Gasteiger partial charge in [0.2, 0.25) is 0 Å². The normalized spacial score (nSPS) is 11.4. The van der Waals surface area contributed by atoms with Gasteiger partial charge in [-0.2, -0.15) is 13.2 Å². The van der Waals surface area contributed by atoms with Crippen molar-refractivity contribution < 1.29 is 23.1 Å². The zero-order chi connectivity index (χ0) is 24.3. The summed E-state index contributed by atoms with van der Waals surface area (Å²) in [4.78, 5) is 11.6. The molecule has 3 aromatic carbocycles. The fraction of sp³-hybridized carbons (Fsp3) is 0.107. The molecule has 0 aliphatic carbocycles. The third-order valence-corrected chi connectivity index (χ3v) is 5.63. The van der Waals surface area contributed by atoms with Gasteiger partial charge in [0.05, 0.1) is 16.8 Å².